The summed E-state index contributed by atoms with van der Waals surface area (Å²) in [5.74, 6) is 0.298. The molecule has 1 aromatic rings. The lowest BCUT2D eigenvalue weighted by Gasteiger charge is -2.18. The van der Waals surface area contributed by atoms with E-state index in [9.17, 15) is 9.90 Å². The van der Waals surface area contributed by atoms with Crippen LogP contribution in [0.25, 0.3) is 0 Å². The first-order valence-electron chi connectivity index (χ1n) is 6.37. The van der Waals surface area contributed by atoms with Gasteiger partial charge in [-0.1, -0.05) is 19.1 Å². The standard InChI is InChI=1S/C14H20N2O2/c1-10(11-2-4-12(15)5-3-11)8-14(18)16-7-6-13(17)9-16/h2-5,10,13,17H,6-9,15H2,1H3/t10?,13-/m0/s1. The Morgan fingerprint density at radius 1 is 1.50 bits per heavy atom. The number of likely N-dealkylation sites (tertiary alicyclic amines) is 1. The number of nitrogens with two attached hydrogens (primary N) is 1. The minimum Gasteiger partial charge on any atom is -0.399 e. The number of nitrogen functional groups attached to an aromatic ring is 1. The van der Waals surface area contributed by atoms with Crippen molar-refractivity contribution in [2.24, 2.45) is 0 Å². The zero-order chi connectivity index (χ0) is 13.1. The fourth-order valence-corrected chi connectivity index (χ4v) is 2.30. The van der Waals surface area contributed by atoms with Gasteiger partial charge in [-0.2, -0.15) is 0 Å². The summed E-state index contributed by atoms with van der Waals surface area (Å²) in [5, 5.41) is 9.42. The molecule has 1 amide bonds. The van der Waals surface area contributed by atoms with Gasteiger partial charge in [0, 0.05) is 25.2 Å². The van der Waals surface area contributed by atoms with E-state index in [0.29, 0.717) is 25.9 Å². The number of β-amino-alcohol motifs (C(OH)–C–C–N with tert-alkyl or cyclic N) is 1. The molecule has 1 aromatic carbocycles. The van der Waals surface area contributed by atoms with Crippen LogP contribution in [0.5, 0.6) is 0 Å². The molecule has 2 atom stereocenters. The molecule has 1 fully saturated rings. The number of hydrogen-bond acceptors (Lipinski definition) is 3. The molecule has 0 spiro atoms. The van der Waals surface area contributed by atoms with Crippen LogP contribution in [0.1, 0.15) is 31.2 Å². The fraction of sp³-hybridized carbons (Fsp3) is 0.500. The summed E-state index contributed by atoms with van der Waals surface area (Å²) in [6.45, 7) is 3.19. The molecule has 0 aromatic heterocycles. The zero-order valence-electron chi connectivity index (χ0n) is 10.7. The van der Waals surface area contributed by atoms with Crippen molar-refractivity contribution in [3.05, 3.63) is 29.8 Å². The van der Waals surface area contributed by atoms with E-state index in [0.717, 1.165) is 11.3 Å². The molecule has 4 heteroatoms. The van der Waals surface area contributed by atoms with Crippen molar-refractivity contribution in [1.29, 1.82) is 0 Å². The quantitative estimate of drug-likeness (QED) is 0.794. The number of aliphatic hydroxyl groups is 1. The van der Waals surface area contributed by atoms with Gasteiger partial charge in [0.15, 0.2) is 0 Å². The number of amides is 1. The van der Waals surface area contributed by atoms with Crippen LogP contribution in [0.15, 0.2) is 24.3 Å². The molecule has 0 aliphatic carbocycles. The monoisotopic (exact) mass is 248 g/mol. The van der Waals surface area contributed by atoms with Crippen LogP contribution in [-0.4, -0.2) is 35.1 Å². The summed E-state index contributed by atoms with van der Waals surface area (Å²) in [6.07, 6.45) is 0.833. The van der Waals surface area contributed by atoms with Gasteiger partial charge in [0.2, 0.25) is 5.91 Å². The van der Waals surface area contributed by atoms with Gasteiger partial charge in [-0.3, -0.25) is 4.79 Å². The lowest BCUT2D eigenvalue weighted by Crippen LogP contribution is -2.30. The number of anilines is 1. The second kappa shape index (κ2) is 5.40. The molecule has 0 saturated carbocycles. The smallest absolute Gasteiger partial charge is 0.223 e. The predicted octanol–water partition coefficient (Wildman–Crippen LogP) is 1.36. The first kappa shape index (κ1) is 12.9. The lowest BCUT2D eigenvalue weighted by molar-refractivity contribution is -0.130. The van der Waals surface area contributed by atoms with Gasteiger partial charge in [-0.05, 0) is 30.0 Å². The van der Waals surface area contributed by atoms with Gasteiger partial charge in [0.1, 0.15) is 0 Å². The highest BCUT2D eigenvalue weighted by Gasteiger charge is 2.25. The second-order valence-corrected chi connectivity index (χ2v) is 5.05. The number of rotatable bonds is 3. The molecule has 1 heterocycles. The summed E-state index contributed by atoms with van der Waals surface area (Å²) >= 11 is 0. The topological polar surface area (TPSA) is 66.6 Å². The Hall–Kier alpha value is -1.55. The molecule has 98 valence electrons. The summed E-state index contributed by atoms with van der Waals surface area (Å²) in [7, 11) is 0. The molecule has 2 rings (SSSR count). The van der Waals surface area contributed by atoms with Gasteiger partial charge in [0.25, 0.3) is 0 Å². The molecule has 3 N–H and O–H groups in total. The van der Waals surface area contributed by atoms with E-state index in [-0.39, 0.29) is 17.9 Å². The molecular formula is C14H20N2O2. The Bertz CT molecular complexity index is 416. The van der Waals surface area contributed by atoms with Crippen LogP contribution in [0.2, 0.25) is 0 Å². The van der Waals surface area contributed by atoms with E-state index in [1.165, 1.54) is 0 Å². The van der Waals surface area contributed by atoms with Crippen molar-refractivity contribution in [2.75, 3.05) is 18.8 Å². The Morgan fingerprint density at radius 3 is 2.72 bits per heavy atom. The maximum Gasteiger partial charge on any atom is 0.223 e. The van der Waals surface area contributed by atoms with Crippen LogP contribution in [0.4, 0.5) is 5.69 Å². The third-order valence-electron chi connectivity index (χ3n) is 3.50. The van der Waals surface area contributed by atoms with Crippen molar-refractivity contribution >= 4 is 11.6 Å². The van der Waals surface area contributed by atoms with Crippen molar-refractivity contribution in [3.8, 4) is 0 Å². The maximum absolute atomic E-state index is 12.0. The van der Waals surface area contributed by atoms with Crippen LogP contribution in [0.3, 0.4) is 0 Å². The van der Waals surface area contributed by atoms with Gasteiger partial charge in [-0.25, -0.2) is 0 Å². The SMILES string of the molecule is CC(CC(=O)N1CC[C@H](O)C1)c1ccc(N)cc1. The minimum atomic E-state index is -0.347. The fourth-order valence-electron chi connectivity index (χ4n) is 2.30. The minimum absolute atomic E-state index is 0.121. The molecule has 18 heavy (non-hydrogen) atoms. The van der Waals surface area contributed by atoms with Crippen molar-refractivity contribution < 1.29 is 9.90 Å². The molecule has 1 aliphatic heterocycles. The van der Waals surface area contributed by atoms with E-state index in [2.05, 4.69) is 0 Å². The third kappa shape index (κ3) is 3.01. The largest absolute Gasteiger partial charge is 0.399 e. The summed E-state index contributed by atoms with van der Waals surface area (Å²) < 4.78 is 0. The summed E-state index contributed by atoms with van der Waals surface area (Å²) in [6, 6.07) is 7.64. The Labute approximate surface area is 107 Å². The highest BCUT2D eigenvalue weighted by molar-refractivity contribution is 5.77. The highest BCUT2D eigenvalue weighted by atomic mass is 16.3. The average Bonchev–Trinajstić information content (AvgIpc) is 2.76. The Morgan fingerprint density at radius 2 is 2.17 bits per heavy atom. The van der Waals surface area contributed by atoms with Crippen molar-refractivity contribution in [2.45, 2.75) is 31.8 Å². The first-order chi connectivity index (χ1) is 8.56. The molecule has 1 saturated heterocycles. The maximum atomic E-state index is 12.0. The Balaban J connectivity index is 1.92. The number of aliphatic hydroxyl groups excluding tert-OH is 1. The number of carbonyl (C=O) groups is 1. The summed E-state index contributed by atoms with van der Waals surface area (Å²) in [5.41, 5.74) is 7.50. The van der Waals surface area contributed by atoms with Gasteiger partial charge < -0.3 is 15.7 Å². The second-order valence-electron chi connectivity index (χ2n) is 5.05. The number of nitrogens with zero attached hydrogens (tertiary/aromatic N) is 1. The number of benzene rings is 1. The average molecular weight is 248 g/mol. The predicted molar refractivity (Wildman–Crippen MR) is 71.1 cm³/mol. The van der Waals surface area contributed by atoms with Crippen LogP contribution < -0.4 is 5.73 Å². The first-order valence-corrected chi connectivity index (χ1v) is 6.37. The van der Waals surface area contributed by atoms with E-state index in [1.54, 1.807) is 4.90 Å². The van der Waals surface area contributed by atoms with E-state index >= 15 is 0 Å². The number of hydrogen-bond donors (Lipinski definition) is 2. The molecule has 4 nitrogen and oxygen atoms in total. The van der Waals surface area contributed by atoms with Crippen LogP contribution >= 0.6 is 0 Å². The van der Waals surface area contributed by atoms with Gasteiger partial charge >= 0.3 is 0 Å². The molecule has 0 radical (unpaired) electrons. The normalized spacial score (nSPS) is 21.0. The Kier molecular flexibility index (Phi) is 3.87. The lowest BCUT2D eigenvalue weighted by atomic mass is 9.97. The van der Waals surface area contributed by atoms with E-state index in [4.69, 9.17) is 5.73 Å². The molecule has 1 aliphatic rings. The van der Waals surface area contributed by atoms with Crippen LogP contribution in [-0.2, 0) is 4.79 Å². The van der Waals surface area contributed by atoms with Crippen LogP contribution in [0, 0.1) is 0 Å². The number of carbonyl (C=O) groups excluding carboxylic acids is 1. The molecule has 0 bridgehead atoms. The zero-order valence-corrected chi connectivity index (χ0v) is 10.7. The highest BCUT2D eigenvalue weighted by Crippen LogP contribution is 2.22. The van der Waals surface area contributed by atoms with E-state index in [1.807, 2.05) is 31.2 Å². The third-order valence-corrected chi connectivity index (χ3v) is 3.50. The van der Waals surface area contributed by atoms with E-state index < -0.39 is 0 Å². The molecular weight excluding hydrogens is 228 g/mol. The van der Waals surface area contributed by atoms with Crippen molar-refractivity contribution in [1.82, 2.24) is 4.90 Å². The van der Waals surface area contributed by atoms with Gasteiger partial charge in [0.05, 0.1) is 6.10 Å². The van der Waals surface area contributed by atoms with Gasteiger partial charge in [-0.15, -0.1) is 0 Å². The molecule has 1 unspecified atom stereocenters. The summed E-state index contributed by atoms with van der Waals surface area (Å²) in [4.78, 5) is 13.8. The van der Waals surface area contributed by atoms with Crippen molar-refractivity contribution in [3.63, 3.8) is 0 Å².